The molecule has 7 nitrogen and oxygen atoms in total. The number of nitrogens with zero attached hydrogens (tertiary/aromatic N) is 1. The Morgan fingerprint density at radius 1 is 1.32 bits per heavy atom. The first-order chi connectivity index (χ1) is 13.5. The minimum atomic E-state index is -0.583. The second kappa shape index (κ2) is 9.39. The summed E-state index contributed by atoms with van der Waals surface area (Å²) in [6, 6.07) is 8.90. The predicted molar refractivity (Wildman–Crippen MR) is 105 cm³/mol. The smallest absolute Gasteiger partial charge is 0.408 e. The van der Waals surface area contributed by atoms with Crippen molar-refractivity contribution in [1.29, 1.82) is 0 Å². The average molecular weight is 389 g/mol. The topological polar surface area (TPSA) is 105 Å². The summed E-state index contributed by atoms with van der Waals surface area (Å²) < 4.78 is 5.23. The Labute approximate surface area is 166 Å². The second-order valence-electron chi connectivity index (χ2n) is 7.86. The predicted octanol–water partition coefficient (Wildman–Crippen LogP) is 1.78. The van der Waals surface area contributed by atoms with E-state index in [-0.39, 0.29) is 30.5 Å². The molecule has 1 aromatic rings. The van der Waals surface area contributed by atoms with Gasteiger partial charge < -0.3 is 25.8 Å². The van der Waals surface area contributed by atoms with Crippen molar-refractivity contribution >= 4 is 12.0 Å². The highest BCUT2D eigenvalue weighted by Crippen LogP contribution is 2.33. The van der Waals surface area contributed by atoms with E-state index in [1.54, 1.807) is 0 Å². The lowest BCUT2D eigenvalue weighted by atomic mass is 9.77. The number of hydrogen-bond acceptors (Lipinski definition) is 5. The molecule has 2 aliphatic rings. The molecule has 3 rings (SSSR count). The van der Waals surface area contributed by atoms with Crippen LogP contribution in [0.1, 0.15) is 44.6 Å². The van der Waals surface area contributed by atoms with Crippen LogP contribution in [0.4, 0.5) is 4.79 Å². The number of nitrogens with one attached hydrogen (secondary N) is 1. The van der Waals surface area contributed by atoms with E-state index in [0.29, 0.717) is 19.4 Å². The molecule has 1 unspecified atom stereocenters. The summed E-state index contributed by atoms with van der Waals surface area (Å²) in [6.45, 7) is 2.69. The van der Waals surface area contributed by atoms with Crippen LogP contribution in [0.2, 0.25) is 0 Å². The van der Waals surface area contributed by atoms with Crippen molar-refractivity contribution in [1.82, 2.24) is 10.2 Å². The Kier molecular flexibility index (Phi) is 6.91. The van der Waals surface area contributed by atoms with Crippen molar-refractivity contribution in [2.24, 2.45) is 11.7 Å². The Morgan fingerprint density at radius 2 is 2.07 bits per heavy atom. The molecule has 2 amide bonds. The normalized spacial score (nSPS) is 28.8. The molecule has 7 heteroatoms. The van der Waals surface area contributed by atoms with Crippen LogP contribution in [0.3, 0.4) is 0 Å². The number of aliphatic hydroxyl groups is 1. The zero-order valence-corrected chi connectivity index (χ0v) is 16.4. The van der Waals surface area contributed by atoms with Gasteiger partial charge in [0.15, 0.2) is 0 Å². The number of ether oxygens (including phenoxy) is 1. The largest absolute Gasteiger partial charge is 0.445 e. The molecule has 1 aliphatic carbocycles. The quantitative estimate of drug-likeness (QED) is 0.688. The fourth-order valence-electron chi connectivity index (χ4n) is 4.40. The van der Waals surface area contributed by atoms with Crippen LogP contribution < -0.4 is 11.1 Å². The van der Waals surface area contributed by atoms with Gasteiger partial charge in [0.25, 0.3) is 0 Å². The second-order valence-corrected chi connectivity index (χ2v) is 7.86. The number of rotatable bonds is 6. The molecule has 0 radical (unpaired) electrons. The van der Waals surface area contributed by atoms with E-state index in [1.807, 2.05) is 42.2 Å². The SMILES string of the molecule is CC[C@H](O)[C@@H]1C[C@H](N)CC[C@@H]1N1CCC(NC(=O)OCc2ccccc2)C1=O. The van der Waals surface area contributed by atoms with E-state index >= 15 is 0 Å². The number of benzene rings is 1. The number of alkyl carbamates (subject to hydrolysis) is 1. The third-order valence-corrected chi connectivity index (χ3v) is 5.96. The zero-order chi connectivity index (χ0) is 20.1. The van der Waals surface area contributed by atoms with Crippen LogP contribution in [0.5, 0.6) is 0 Å². The molecule has 2 fully saturated rings. The summed E-state index contributed by atoms with van der Waals surface area (Å²) in [7, 11) is 0. The number of aliphatic hydroxyl groups excluding tert-OH is 1. The summed E-state index contributed by atoms with van der Waals surface area (Å²) in [6.07, 6.45) is 2.51. The van der Waals surface area contributed by atoms with Gasteiger partial charge in [-0.05, 0) is 37.7 Å². The molecular formula is C21H31N3O4. The first-order valence-electron chi connectivity index (χ1n) is 10.2. The van der Waals surface area contributed by atoms with E-state index in [2.05, 4.69) is 5.32 Å². The number of likely N-dealkylation sites (tertiary alicyclic amines) is 1. The lowest BCUT2D eigenvalue weighted by molar-refractivity contribution is -0.134. The first-order valence-corrected chi connectivity index (χ1v) is 10.2. The van der Waals surface area contributed by atoms with Gasteiger partial charge in [-0.25, -0.2) is 4.79 Å². The molecule has 5 atom stereocenters. The Bertz CT molecular complexity index is 669. The Morgan fingerprint density at radius 3 is 2.79 bits per heavy atom. The van der Waals surface area contributed by atoms with Gasteiger partial charge in [0.2, 0.25) is 5.91 Å². The van der Waals surface area contributed by atoms with Crippen LogP contribution in [0.15, 0.2) is 30.3 Å². The number of carbonyl (C=O) groups is 2. The highest BCUT2D eigenvalue weighted by atomic mass is 16.5. The van der Waals surface area contributed by atoms with Crippen LogP contribution in [0, 0.1) is 5.92 Å². The molecule has 1 aromatic carbocycles. The van der Waals surface area contributed by atoms with Crippen molar-refractivity contribution in [3.05, 3.63) is 35.9 Å². The number of hydrogen-bond donors (Lipinski definition) is 3. The maximum atomic E-state index is 12.9. The van der Waals surface area contributed by atoms with Gasteiger partial charge in [-0.15, -0.1) is 0 Å². The molecule has 1 saturated carbocycles. The fourth-order valence-corrected chi connectivity index (χ4v) is 4.40. The molecule has 1 heterocycles. The molecule has 1 aliphatic heterocycles. The molecule has 1 saturated heterocycles. The van der Waals surface area contributed by atoms with E-state index in [9.17, 15) is 14.7 Å². The van der Waals surface area contributed by atoms with Crippen LogP contribution in [0.25, 0.3) is 0 Å². The maximum Gasteiger partial charge on any atom is 0.408 e. The van der Waals surface area contributed by atoms with E-state index in [0.717, 1.165) is 24.8 Å². The van der Waals surface area contributed by atoms with Gasteiger partial charge in [-0.2, -0.15) is 0 Å². The minimum Gasteiger partial charge on any atom is -0.445 e. The number of nitrogens with two attached hydrogens (primary N) is 1. The fraction of sp³-hybridized carbons (Fsp3) is 0.619. The Hall–Kier alpha value is -2.12. The molecule has 154 valence electrons. The summed E-state index contributed by atoms with van der Waals surface area (Å²) in [5.41, 5.74) is 6.99. The van der Waals surface area contributed by atoms with Gasteiger partial charge in [0.05, 0.1) is 6.10 Å². The number of carbonyl (C=O) groups excluding carboxylic acids is 2. The third kappa shape index (κ3) is 4.83. The van der Waals surface area contributed by atoms with E-state index in [1.165, 1.54) is 0 Å². The molecule has 28 heavy (non-hydrogen) atoms. The lowest BCUT2D eigenvalue weighted by Gasteiger charge is -2.42. The number of amides is 2. The monoisotopic (exact) mass is 389 g/mol. The van der Waals surface area contributed by atoms with Crippen LogP contribution in [-0.2, 0) is 16.1 Å². The molecular weight excluding hydrogens is 358 g/mol. The molecule has 0 aromatic heterocycles. The molecule has 4 N–H and O–H groups in total. The highest BCUT2D eigenvalue weighted by Gasteiger charge is 2.43. The maximum absolute atomic E-state index is 12.9. The van der Waals surface area contributed by atoms with Gasteiger partial charge in [-0.3, -0.25) is 4.79 Å². The van der Waals surface area contributed by atoms with Gasteiger partial charge in [0, 0.05) is 24.5 Å². The van der Waals surface area contributed by atoms with Gasteiger partial charge >= 0.3 is 6.09 Å². The summed E-state index contributed by atoms with van der Waals surface area (Å²) >= 11 is 0. The third-order valence-electron chi connectivity index (χ3n) is 5.96. The van der Waals surface area contributed by atoms with Crippen molar-refractivity contribution in [2.75, 3.05) is 6.54 Å². The standard InChI is InChI=1S/C21H31N3O4/c1-2-19(25)16-12-15(22)8-9-18(16)24-11-10-17(20(24)26)23-21(27)28-13-14-6-4-3-5-7-14/h3-7,15-19,25H,2,8-13,22H2,1H3,(H,23,27)/t15-,16-,17?,18+,19+/m1/s1. The summed E-state index contributed by atoms with van der Waals surface area (Å²) in [4.78, 5) is 26.8. The van der Waals surface area contributed by atoms with Crippen molar-refractivity contribution in [2.45, 2.75) is 69.9 Å². The Balaban J connectivity index is 1.55. The molecule has 0 bridgehead atoms. The van der Waals surface area contributed by atoms with Crippen LogP contribution >= 0.6 is 0 Å². The van der Waals surface area contributed by atoms with E-state index in [4.69, 9.17) is 10.5 Å². The zero-order valence-electron chi connectivity index (χ0n) is 16.4. The highest BCUT2D eigenvalue weighted by molar-refractivity contribution is 5.87. The molecule has 0 spiro atoms. The van der Waals surface area contributed by atoms with Gasteiger partial charge in [0.1, 0.15) is 12.6 Å². The van der Waals surface area contributed by atoms with Gasteiger partial charge in [-0.1, -0.05) is 37.3 Å². The van der Waals surface area contributed by atoms with E-state index < -0.39 is 18.2 Å². The lowest BCUT2D eigenvalue weighted by Crippen LogP contribution is -2.52. The summed E-state index contributed by atoms with van der Waals surface area (Å²) in [5, 5.41) is 13.1. The average Bonchev–Trinajstić information content (AvgIpc) is 3.06. The van der Waals surface area contributed by atoms with Crippen molar-refractivity contribution in [3.63, 3.8) is 0 Å². The first kappa shape index (κ1) is 20.6. The summed E-state index contributed by atoms with van der Waals surface area (Å²) in [5.74, 6) is -0.105. The van der Waals surface area contributed by atoms with Crippen LogP contribution in [-0.4, -0.2) is 52.8 Å². The van der Waals surface area contributed by atoms with Crippen molar-refractivity contribution in [3.8, 4) is 0 Å². The minimum absolute atomic E-state index is 0.0125. The van der Waals surface area contributed by atoms with Crippen molar-refractivity contribution < 1.29 is 19.4 Å².